The van der Waals surface area contributed by atoms with Crippen molar-refractivity contribution in [2.24, 2.45) is 0 Å². The molecule has 0 bridgehead atoms. The minimum absolute atomic E-state index is 0.0247. The van der Waals surface area contributed by atoms with Crippen LogP contribution in [0, 0.1) is 0 Å². The zero-order valence-corrected chi connectivity index (χ0v) is 12.7. The second kappa shape index (κ2) is 5.22. The first kappa shape index (κ1) is 13.9. The van der Waals surface area contributed by atoms with Crippen LogP contribution in [-0.2, 0) is 9.84 Å². The number of carbonyl (C=O) groups is 1. The van der Waals surface area contributed by atoms with Crippen LogP contribution < -0.4 is 5.32 Å². The first-order valence-corrected chi connectivity index (χ1v) is 8.43. The van der Waals surface area contributed by atoms with Gasteiger partial charge in [0, 0.05) is 15.4 Å². The number of sulfone groups is 1. The maximum atomic E-state index is 12.0. The van der Waals surface area contributed by atoms with Crippen LogP contribution in [0.3, 0.4) is 0 Å². The molecule has 1 atom stereocenters. The van der Waals surface area contributed by atoms with Crippen molar-refractivity contribution in [1.82, 2.24) is 5.32 Å². The molecule has 18 heavy (non-hydrogen) atoms. The molecule has 0 radical (unpaired) electrons. The van der Waals surface area contributed by atoms with Crippen LogP contribution in [0.25, 0.3) is 0 Å². The van der Waals surface area contributed by atoms with Gasteiger partial charge in [-0.15, -0.1) is 12.6 Å². The largest absolute Gasteiger partial charge is 0.348 e. The molecule has 7 heteroatoms. The zero-order valence-electron chi connectivity index (χ0n) is 9.39. The molecule has 1 heterocycles. The highest BCUT2D eigenvalue weighted by Crippen LogP contribution is 2.21. The van der Waals surface area contributed by atoms with Gasteiger partial charge in [0.15, 0.2) is 9.84 Å². The topological polar surface area (TPSA) is 63.2 Å². The fourth-order valence-electron chi connectivity index (χ4n) is 1.86. The SMILES string of the molecule is O=C(NC1CCS(=O)(=O)C1)c1cc(S)ccc1Br. The van der Waals surface area contributed by atoms with E-state index >= 15 is 0 Å². The molecule has 1 saturated heterocycles. The van der Waals surface area contributed by atoms with Crippen LogP contribution in [0.2, 0.25) is 0 Å². The van der Waals surface area contributed by atoms with Crippen molar-refractivity contribution in [2.45, 2.75) is 17.4 Å². The van der Waals surface area contributed by atoms with E-state index in [1.165, 1.54) is 0 Å². The molecule has 0 aliphatic carbocycles. The first-order valence-electron chi connectivity index (χ1n) is 5.37. The molecule has 1 N–H and O–H groups in total. The van der Waals surface area contributed by atoms with Gasteiger partial charge in [0.1, 0.15) is 0 Å². The lowest BCUT2D eigenvalue weighted by Crippen LogP contribution is -2.35. The highest BCUT2D eigenvalue weighted by Gasteiger charge is 2.29. The molecule has 1 aliphatic rings. The van der Waals surface area contributed by atoms with E-state index in [9.17, 15) is 13.2 Å². The summed E-state index contributed by atoms with van der Waals surface area (Å²) in [4.78, 5) is 12.7. The summed E-state index contributed by atoms with van der Waals surface area (Å²) in [5.74, 6) is -0.109. The summed E-state index contributed by atoms with van der Waals surface area (Å²) >= 11 is 7.47. The number of nitrogens with one attached hydrogen (secondary N) is 1. The van der Waals surface area contributed by atoms with Crippen LogP contribution >= 0.6 is 28.6 Å². The molecule has 0 aromatic heterocycles. The van der Waals surface area contributed by atoms with E-state index in [4.69, 9.17) is 0 Å². The maximum Gasteiger partial charge on any atom is 0.252 e. The van der Waals surface area contributed by atoms with Crippen LogP contribution in [0.5, 0.6) is 0 Å². The van der Waals surface area contributed by atoms with Gasteiger partial charge in [-0.05, 0) is 40.5 Å². The third-order valence-electron chi connectivity index (χ3n) is 2.76. The normalized spacial score (nSPS) is 21.8. The highest BCUT2D eigenvalue weighted by atomic mass is 79.9. The van der Waals surface area contributed by atoms with Gasteiger partial charge in [-0.3, -0.25) is 4.79 Å². The molecule has 2 rings (SSSR count). The summed E-state index contributed by atoms with van der Waals surface area (Å²) in [5, 5.41) is 2.74. The van der Waals surface area contributed by atoms with Crippen LogP contribution in [0.1, 0.15) is 16.8 Å². The zero-order chi connectivity index (χ0) is 13.3. The van der Waals surface area contributed by atoms with Crippen LogP contribution in [0.15, 0.2) is 27.6 Å². The summed E-state index contributed by atoms with van der Waals surface area (Å²) in [6.45, 7) is 0. The molecule has 1 aromatic carbocycles. The molecule has 1 amide bonds. The summed E-state index contributed by atoms with van der Waals surface area (Å²) in [5.41, 5.74) is 0.465. The van der Waals surface area contributed by atoms with E-state index in [0.717, 1.165) is 0 Å². The van der Waals surface area contributed by atoms with Crippen molar-refractivity contribution in [1.29, 1.82) is 0 Å². The van der Waals surface area contributed by atoms with Crippen molar-refractivity contribution in [3.8, 4) is 0 Å². The lowest BCUT2D eigenvalue weighted by molar-refractivity contribution is 0.0940. The fraction of sp³-hybridized carbons (Fsp3) is 0.364. The molecule has 1 unspecified atom stereocenters. The Morgan fingerprint density at radius 3 is 2.78 bits per heavy atom. The minimum Gasteiger partial charge on any atom is -0.348 e. The minimum atomic E-state index is -2.98. The van der Waals surface area contributed by atoms with Gasteiger partial charge in [0.25, 0.3) is 5.91 Å². The van der Waals surface area contributed by atoms with Crippen molar-refractivity contribution in [3.05, 3.63) is 28.2 Å². The van der Waals surface area contributed by atoms with Crippen molar-refractivity contribution in [3.63, 3.8) is 0 Å². The van der Waals surface area contributed by atoms with E-state index < -0.39 is 9.84 Å². The lowest BCUT2D eigenvalue weighted by Gasteiger charge is -2.12. The number of amides is 1. The monoisotopic (exact) mass is 349 g/mol. The summed E-state index contributed by atoms with van der Waals surface area (Å²) in [7, 11) is -2.98. The molecule has 1 aromatic rings. The molecule has 0 saturated carbocycles. The molecule has 0 spiro atoms. The summed E-state index contributed by atoms with van der Waals surface area (Å²) in [6, 6.07) is 4.86. The average molecular weight is 350 g/mol. The predicted octanol–water partition coefficient (Wildman–Crippen LogP) is 1.65. The molecule has 1 fully saturated rings. The van der Waals surface area contributed by atoms with Crippen LogP contribution in [0.4, 0.5) is 0 Å². The Morgan fingerprint density at radius 1 is 1.44 bits per heavy atom. The third kappa shape index (κ3) is 3.27. The van der Waals surface area contributed by atoms with E-state index in [0.29, 0.717) is 21.4 Å². The van der Waals surface area contributed by atoms with Gasteiger partial charge >= 0.3 is 0 Å². The van der Waals surface area contributed by atoms with Gasteiger partial charge in [0.05, 0.1) is 17.1 Å². The Morgan fingerprint density at radius 2 is 2.17 bits per heavy atom. The second-order valence-electron chi connectivity index (χ2n) is 4.24. The number of rotatable bonds is 2. The number of carbonyl (C=O) groups excluding carboxylic acids is 1. The van der Waals surface area contributed by atoms with E-state index in [2.05, 4.69) is 33.9 Å². The molecule has 98 valence electrons. The predicted molar refractivity (Wildman–Crippen MR) is 75.9 cm³/mol. The van der Waals surface area contributed by atoms with Gasteiger partial charge in [-0.25, -0.2) is 8.42 Å². The van der Waals surface area contributed by atoms with Crippen molar-refractivity contribution >= 4 is 44.3 Å². The van der Waals surface area contributed by atoms with Gasteiger partial charge in [0.2, 0.25) is 0 Å². The van der Waals surface area contributed by atoms with E-state index in [1.54, 1.807) is 18.2 Å². The van der Waals surface area contributed by atoms with Crippen molar-refractivity contribution in [2.75, 3.05) is 11.5 Å². The average Bonchev–Trinajstić information content (AvgIpc) is 2.61. The third-order valence-corrected chi connectivity index (χ3v) is 5.50. The molecular weight excluding hydrogens is 338 g/mol. The lowest BCUT2D eigenvalue weighted by atomic mass is 10.2. The van der Waals surface area contributed by atoms with Gasteiger partial charge < -0.3 is 5.32 Å². The Hall–Kier alpha value is -0.530. The van der Waals surface area contributed by atoms with Gasteiger partial charge in [-0.1, -0.05) is 0 Å². The molecular formula is C11H12BrNO3S2. The smallest absolute Gasteiger partial charge is 0.252 e. The number of hydrogen-bond donors (Lipinski definition) is 2. The Balaban J connectivity index is 2.11. The highest BCUT2D eigenvalue weighted by molar-refractivity contribution is 9.10. The Labute approximate surface area is 120 Å². The first-order chi connectivity index (χ1) is 8.37. The Kier molecular flexibility index (Phi) is 4.03. The van der Waals surface area contributed by atoms with Gasteiger partial charge in [-0.2, -0.15) is 0 Å². The van der Waals surface area contributed by atoms with E-state index in [-0.39, 0.29) is 23.5 Å². The summed E-state index contributed by atoms with van der Waals surface area (Å²) < 4.78 is 23.3. The fourth-order valence-corrected chi connectivity index (χ4v) is 4.16. The van der Waals surface area contributed by atoms with Crippen molar-refractivity contribution < 1.29 is 13.2 Å². The number of thiol groups is 1. The number of benzene rings is 1. The maximum absolute atomic E-state index is 12.0. The standard InChI is InChI=1S/C11H12BrNO3S2/c12-10-2-1-8(17)5-9(10)11(14)13-7-3-4-18(15,16)6-7/h1-2,5,7,17H,3-4,6H2,(H,13,14). The van der Waals surface area contributed by atoms with Crippen LogP contribution in [-0.4, -0.2) is 31.9 Å². The Bertz CT molecular complexity index is 586. The molecule has 1 aliphatic heterocycles. The second-order valence-corrected chi connectivity index (χ2v) is 7.84. The molecule has 4 nitrogen and oxygen atoms in total. The van der Waals surface area contributed by atoms with E-state index in [1.807, 2.05) is 0 Å². The quantitative estimate of drug-likeness (QED) is 0.798. The summed E-state index contributed by atoms with van der Waals surface area (Å²) in [6.07, 6.45) is 0.478. The number of halogens is 1. The number of hydrogen-bond acceptors (Lipinski definition) is 4.